The summed E-state index contributed by atoms with van der Waals surface area (Å²) in [6, 6.07) is 3.70. The maximum absolute atomic E-state index is 14.4. The van der Waals surface area contributed by atoms with Crippen molar-refractivity contribution in [3.05, 3.63) is 34.9 Å². The topological polar surface area (TPSA) is 114 Å². The van der Waals surface area contributed by atoms with E-state index in [1.807, 2.05) is 66.7 Å². The van der Waals surface area contributed by atoms with Gasteiger partial charge in [-0.15, -0.1) is 0 Å². The fourth-order valence-electron chi connectivity index (χ4n) is 4.20. The SMILES string of the molecule is CCOC(=O)CCNC(=O)C(c1cccc(C)c1C)N(C(=O)C(NC(=O)OC(C)(C)C)C(C)CC)C(C)(C)C. The molecule has 0 fully saturated rings. The third-order valence-electron chi connectivity index (χ3n) is 6.49. The van der Waals surface area contributed by atoms with Crippen molar-refractivity contribution < 1.29 is 28.7 Å². The molecule has 2 N–H and O–H groups in total. The Morgan fingerprint density at radius 2 is 1.62 bits per heavy atom. The highest BCUT2D eigenvalue weighted by Gasteiger charge is 2.43. The summed E-state index contributed by atoms with van der Waals surface area (Å²) in [5.74, 6) is -1.46. The summed E-state index contributed by atoms with van der Waals surface area (Å²) < 4.78 is 10.4. The minimum Gasteiger partial charge on any atom is -0.466 e. The highest BCUT2D eigenvalue weighted by molar-refractivity contribution is 5.93. The van der Waals surface area contributed by atoms with Crippen molar-refractivity contribution in [2.24, 2.45) is 5.92 Å². The summed E-state index contributed by atoms with van der Waals surface area (Å²) in [6.45, 7) is 20.6. The second kappa shape index (κ2) is 14.3. The predicted molar refractivity (Wildman–Crippen MR) is 152 cm³/mol. The van der Waals surface area contributed by atoms with E-state index in [0.717, 1.165) is 11.1 Å². The van der Waals surface area contributed by atoms with Gasteiger partial charge in [0.2, 0.25) is 11.8 Å². The fraction of sp³-hybridized carbons (Fsp3) is 0.667. The number of hydrogen-bond donors (Lipinski definition) is 2. The summed E-state index contributed by atoms with van der Waals surface area (Å²) in [7, 11) is 0. The predicted octanol–water partition coefficient (Wildman–Crippen LogP) is 4.98. The minimum atomic E-state index is -1.01. The molecule has 1 rings (SSSR count). The number of hydrogen-bond acceptors (Lipinski definition) is 6. The van der Waals surface area contributed by atoms with Crippen LogP contribution in [0.15, 0.2) is 18.2 Å². The van der Waals surface area contributed by atoms with Gasteiger partial charge in [-0.05, 0) is 84.9 Å². The molecule has 39 heavy (non-hydrogen) atoms. The van der Waals surface area contributed by atoms with Crippen LogP contribution in [0.4, 0.5) is 4.79 Å². The molecule has 1 aromatic rings. The average Bonchev–Trinajstić information content (AvgIpc) is 2.80. The molecule has 9 heteroatoms. The number of carbonyl (C=O) groups excluding carboxylic acids is 4. The number of ether oxygens (including phenoxy) is 2. The van der Waals surface area contributed by atoms with Crippen molar-refractivity contribution in [2.45, 2.75) is 112 Å². The number of esters is 1. The van der Waals surface area contributed by atoms with Crippen LogP contribution in [-0.4, -0.2) is 59.1 Å². The Labute approximate surface area is 234 Å². The van der Waals surface area contributed by atoms with Crippen molar-refractivity contribution >= 4 is 23.9 Å². The van der Waals surface area contributed by atoms with Crippen LogP contribution in [0.2, 0.25) is 0 Å². The Hall–Kier alpha value is -3.10. The maximum Gasteiger partial charge on any atom is 0.408 e. The first-order valence-electron chi connectivity index (χ1n) is 13.8. The molecule has 0 spiro atoms. The van der Waals surface area contributed by atoms with Gasteiger partial charge >= 0.3 is 12.1 Å². The van der Waals surface area contributed by atoms with Gasteiger partial charge in [-0.2, -0.15) is 0 Å². The third-order valence-corrected chi connectivity index (χ3v) is 6.49. The van der Waals surface area contributed by atoms with Crippen LogP contribution in [0, 0.1) is 19.8 Å². The molecule has 0 bridgehead atoms. The molecule has 220 valence electrons. The van der Waals surface area contributed by atoms with Gasteiger partial charge in [0.25, 0.3) is 0 Å². The molecule has 0 radical (unpaired) electrons. The maximum atomic E-state index is 14.4. The molecule has 0 aliphatic carbocycles. The number of alkyl carbamates (subject to hydrolysis) is 1. The second-order valence-electron chi connectivity index (χ2n) is 11.9. The Morgan fingerprint density at radius 1 is 1.00 bits per heavy atom. The van der Waals surface area contributed by atoms with E-state index >= 15 is 0 Å². The zero-order valence-corrected chi connectivity index (χ0v) is 25.7. The first-order chi connectivity index (χ1) is 17.9. The molecule has 0 heterocycles. The van der Waals surface area contributed by atoms with Gasteiger partial charge in [0, 0.05) is 12.1 Å². The van der Waals surface area contributed by atoms with E-state index < -0.39 is 47.1 Å². The van der Waals surface area contributed by atoms with Gasteiger partial charge < -0.3 is 25.0 Å². The lowest BCUT2D eigenvalue weighted by atomic mass is 9.89. The van der Waals surface area contributed by atoms with Crippen molar-refractivity contribution in [1.29, 1.82) is 0 Å². The van der Waals surface area contributed by atoms with Crippen LogP contribution >= 0.6 is 0 Å². The van der Waals surface area contributed by atoms with Crippen LogP contribution in [-0.2, 0) is 23.9 Å². The minimum absolute atomic E-state index is 0.0122. The van der Waals surface area contributed by atoms with E-state index in [-0.39, 0.29) is 25.5 Å². The average molecular weight is 548 g/mol. The summed E-state index contributed by atoms with van der Waals surface area (Å²) in [5.41, 5.74) is 0.982. The normalized spacial score (nSPS) is 14.0. The highest BCUT2D eigenvalue weighted by Crippen LogP contribution is 2.33. The van der Waals surface area contributed by atoms with E-state index in [9.17, 15) is 19.2 Å². The largest absolute Gasteiger partial charge is 0.466 e. The lowest BCUT2D eigenvalue weighted by Gasteiger charge is -2.44. The van der Waals surface area contributed by atoms with E-state index in [1.165, 1.54) is 0 Å². The van der Waals surface area contributed by atoms with Gasteiger partial charge in [0.15, 0.2) is 0 Å². The molecule has 0 aliphatic heterocycles. The molecular formula is C30H49N3O6. The smallest absolute Gasteiger partial charge is 0.408 e. The third kappa shape index (κ3) is 10.2. The number of nitrogens with one attached hydrogen (secondary N) is 2. The first-order valence-corrected chi connectivity index (χ1v) is 13.8. The standard InChI is InChI=1S/C30H49N3O6/c1-12-19(3)24(32-28(37)39-30(9,10)11)27(36)33(29(6,7)8)25(22-16-14-15-20(4)21(22)5)26(35)31-18-17-23(34)38-13-2/h14-16,19,24-25H,12-13,17-18H2,1-11H3,(H,31,35)(H,32,37). The number of nitrogens with zero attached hydrogens (tertiary/aromatic N) is 1. The lowest BCUT2D eigenvalue weighted by molar-refractivity contribution is -0.150. The monoisotopic (exact) mass is 547 g/mol. The van der Waals surface area contributed by atoms with Crippen LogP contribution in [0.25, 0.3) is 0 Å². The Balaban J connectivity index is 3.60. The van der Waals surface area contributed by atoms with Gasteiger partial charge in [0.1, 0.15) is 17.7 Å². The molecule has 0 aromatic heterocycles. The van der Waals surface area contributed by atoms with E-state index in [4.69, 9.17) is 9.47 Å². The van der Waals surface area contributed by atoms with Crippen LogP contribution in [0.3, 0.4) is 0 Å². The highest BCUT2D eigenvalue weighted by atomic mass is 16.6. The van der Waals surface area contributed by atoms with Crippen LogP contribution < -0.4 is 10.6 Å². The first kappa shape index (κ1) is 33.9. The van der Waals surface area contributed by atoms with Crippen LogP contribution in [0.1, 0.15) is 97.9 Å². The van der Waals surface area contributed by atoms with Crippen molar-refractivity contribution in [3.63, 3.8) is 0 Å². The van der Waals surface area contributed by atoms with Crippen LogP contribution in [0.5, 0.6) is 0 Å². The molecule has 0 aliphatic rings. The summed E-state index contributed by atoms with van der Waals surface area (Å²) in [6.07, 6.45) is -0.0698. The number of rotatable bonds is 11. The van der Waals surface area contributed by atoms with Gasteiger partial charge in [0.05, 0.1) is 13.0 Å². The molecule has 3 unspecified atom stereocenters. The Bertz CT molecular complexity index is 1010. The molecule has 0 saturated carbocycles. The quantitative estimate of drug-likeness (QED) is 0.378. The van der Waals surface area contributed by atoms with Gasteiger partial charge in [-0.3, -0.25) is 14.4 Å². The van der Waals surface area contributed by atoms with Crippen molar-refractivity contribution in [2.75, 3.05) is 13.2 Å². The molecule has 1 aromatic carbocycles. The van der Waals surface area contributed by atoms with E-state index in [0.29, 0.717) is 12.0 Å². The number of amides is 3. The van der Waals surface area contributed by atoms with Crippen molar-refractivity contribution in [3.8, 4) is 0 Å². The summed E-state index contributed by atoms with van der Waals surface area (Å²) in [5, 5.41) is 5.61. The van der Waals surface area contributed by atoms with Crippen molar-refractivity contribution in [1.82, 2.24) is 15.5 Å². The molecule has 3 atom stereocenters. The van der Waals surface area contributed by atoms with E-state index in [2.05, 4.69) is 10.6 Å². The Kier molecular flexibility index (Phi) is 12.5. The lowest BCUT2D eigenvalue weighted by Crippen LogP contribution is -2.60. The zero-order valence-electron chi connectivity index (χ0n) is 25.7. The Morgan fingerprint density at radius 3 is 2.13 bits per heavy atom. The number of carbonyl (C=O) groups is 4. The number of benzene rings is 1. The molecule has 3 amide bonds. The summed E-state index contributed by atoms with van der Waals surface area (Å²) in [4.78, 5) is 54.4. The van der Waals surface area contributed by atoms with Gasteiger partial charge in [-0.25, -0.2) is 4.79 Å². The summed E-state index contributed by atoms with van der Waals surface area (Å²) >= 11 is 0. The molecule has 9 nitrogen and oxygen atoms in total. The number of aryl methyl sites for hydroxylation is 1. The van der Waals surface area contributed by atoms with E-state index in [1.54, 1.807) is 32.6 Å². The zero-order chi connectivity index (χ0) is 30.1. The molecular weight excluding hydrogens is 498 g/mol. The second-order valence-corrected chi connectivity index (χ2v) is 11.9. The molecule has 0 saturated heterocycles. The fourth-order valence-corrected chi connectivity index (χ4v) is 4.20. The van der Waals surface area contributed by atoms with Gasteiger partial charge in [-0.1, -0.05) is 38.5 Å².